The van der Waals surface area contributed by atoms with Crippen molar-refractivity contribution < 1.29 is 23.9 Å². The molecule has 0 unspecified atom stereocenters. The van der Waals surface area contributed by atoms with Gasteiger partial charge in [-0.25, -0.2) is 14.6 Å². The lowest BCUT2D eigenvalue weighted by Crippen LogP contribution is -2.08. The number of aromatic nitrogens is 3. The predicted molar refractivity (Wildman–Crippen MR) is 122 cm³/mol. The predicted octanol–water partition coefficient (Wildman–Crippen LogP) is 3.54. The summed E-state index contributed by atoms with van der Waals surface area (Å²) in [7, 11) is 1.25. The van der Waals surface area contributed by atoms with Gasteiger partial charge in [0, 0.05) is 29.2 Å². The third kappa shape index (κ3) is 3.89. The monoisotopic (exact) mass is 446 g/mol. The Morgan fingerprint density at radius 3 is 2.52 bits per heavy atom. The number of H-pyrrole nitrogens is 1. The van der Waals surface area contributed by atoms with Crippen LogP contribution in [0.1, 0.15) is 50.3 Å². The van der Waals surface area contributed by atoms with E-state index in [1.54, 1.807) is 26.2 Å². The standard InChI is InChI=1S/C24H22N4O5/c1-5-33-24(31)20-12(2)19(23(30)32-4)18(27-20)11-17-16-10-15(14-6-8-25-9-7-14)13(3)26-21(16)28-22(17)29/h6-11,27H,5H2,1-4H3,(H,26,28,29). The fourth-order valence-corrected chi connectivity index (χ4v) is 3.81. The maximum Gasteiger partial charge on any atom is 0.355 e. The zero-order valence-corrected chi connectivity index (χ0v) is 18.6. The fraction of sp³-hybridized carbons (Fsp3) is 0.208. The second-order valence-corrected chi connectivity index (χ2v) is 7.39. The molecule has 0 atom stereocenters. The van der Waals surface area contributed by atoms with Crippen LogP contribution in [-0.4, -0.2) is 46.5 Å². The zero-order valence-electron chi connectivity index (χ0n) is 18.6. The number of carbonyl (C=O) groups excluding carboxylic acids is 3. The van der Waals surface area contributed by atoms with Crippen LogP contribution in [0.25, 0.3) is 22.8 Å². The number of aromatic amines is 1. The number of carbonyl (C=O) groups is 3. The molecule has 0 spiro atoms. The number of methoxy groups -OCH3 is 1. The van der Waals surface area contributed by atoms with Gasteiger partial charge in [0.2, 0.25) is 0 Å². The van der Waals surface area contributed by atoms with E-state index in [4.69, 9.17) is 9.47 Å². The number of esters is 2. The molecule has 168 valence electrons. The molecule has 0 saturated carbocycles. The molecule has 9 heteroatoms. The highest BCUT2D eigenvalue weighted by molar-refractivity contribution is 6.34. The van der Waals surface area contributed by atoms with Crippen LogP contribution in [0.3, 0.4) is 0 Å². The molecule has 4 rings (SSSR count). The number of ether oxygens (including phenoxy) is 2. The zero-order chi connectivity index (χ0) is 23.7. The molecular weight excluding hydrogens is 424 g/mol. The SMILES string of the molecule is CCOC(=O)c1[nH]c(C=C2C(=O)Nc3nc(C)c(-c4ccncc4)cc32)c(C(=O)OC)c1C. The summed E-state index contributed by atoms with van der Waals surface area (Å²) in [5.41, 5.74) is 4.32. The van der Waals surface area contributed by atoms with E-state index >= 15 is 0 Å². The van der Waals surface area contributed by atoms with Crippen LogP contribution in [-0.2, 0) is 14.3 Å². The quantitative estimate of drug-likeness (QED) is 0.454. The highest BCUT2D eigenvalue weighted by atomic mass is 16.5. The van der Waals surface area contributed by atoms with Crippen molar-refractivity contribution in [1.29, 1.82) is 0 Å². The van der Waals surface area contributed by atoms with Crippen LogP contribution in [0.15, 0.2) is 30.6 Å². The molecular formula is C24H22N4O5. The van der Waals surface area contributed by atoms with E-state index in [2.05, 4.69) is 20.3 Å². The van der Waals surface area contributed by atoms with Crippen molar-refractivity contribution >= 4 is 35.3 Å². The normalized spacial score (nSPS) is 13.6. The van der Waals surface area contributed by atoms with Gasteiger partial charge in [-0.15, -0.1) is 0 Å². The van der Waals surface area contributed by atoms with Crippen LogP contribution >= 0.6 is 0 Å². The summed E-state index contributed by atoms with van der Waals surface area (Å²) >= 11 is 0. The van der Waals surface area contributed by atoms with Crippen molar-refractivity contribution in [3.05, 3.63) is 64.4 Å². The first-order chi connectivity index (χ1) is 15.8. The molecule has 0 bridgehead atoms. The Bertz CT molecular complexity index is 1310. The number of amides is 1. The number of pyridine rings is 2. The Hall–Kier alpha value is -4.27. The summed E-state index contributed by atoms with van der Waals surface area (Å²) in [4.78, 5) is 49.2. The molecule has 0 fully saturated rings. The highest BCUT2D eigenvalue weighted by Gasteiger charge is 2.30. The molecule has 0 radical (unpaired) electrons. The lowest BCUT2D eigenvalue weighted by molar-refractivity contribution is -0.110. The van der Waals surface area contributed by atoms with Crippen LogP contribution in [0.4, 0.5) is 5.82 Å². The second-order valence-electron chi connectivity index (χ2n) is 7.39. The first-order valence-corrected chi connectivity index (χ1v) is 10.3. The van der Waals surface area contributed by atoms with E-state index in [1.807, 2.05) is 25.1 Å². The molecule has 3 aromatic heterocycles. The summed E-state index contributed by atoms with van der Waals surface area (Å²) in [6.07, 6.45) is 4.89. The van der Waals surface area contributed by atoms with Gasteiger partial charge in [0.05, 0.1) is 30.5 Å². The maximum absolute atomic E-state index is 12.8. The summed E-state index contributed by atoms with van der Waals surface area (Å²) in [5.74, 6) is -1.18. The Balaban J connectivity index is 1.88. The summed E-state index contributed by atoms with van der Waals surface area (Å²) in [5, 5.41) is 2.76. The van der Waals surface area contributed by atoms with E-state index in [-0.39, 0.29) is 29.5 Å². The summed E-state index contributed by atoms with van der Waals surface area (Å²) < 4.78 is 9.98. The van der Waals surface area contributed by atoms with Gasteiger partial charge in [0.1, 0.15) is 11.5 Å². The number of anilines is 1. The lowest BCUT2D eigenvalue weighted by atomic mass is 9.99. The first-order valence-electron chi connectivity index (χ1n) is 10.3. The van der Waals surface area contributed by atoms with Crippen molar-refractivity contribution in [3.63, 3.8) is 0 Å². The number of hydrogen-bond acceptors (Lipinski definition) is 7. The Kier molecular flexibility index (Phi) is 5.78. The minimum atomic E-state index is -0.635. The number of hydrogen-bond donors (Lipinski definition) is 2. The number of aryl methyl sites for hydroxylation is 1. The van der Waals surface area contributed by atoms with Crippen LogP contribution in [0.2, 0.25) is 0 Å². The van der Waals surface area contributed by atoms with E-state index in [9.17, 15) is 14.4 Å². The molecule has 0 aliphatic carbocycles. The van der Waals surface area contributed by atoms with E-state index in [0.717, 1.165) is 16.8 Å². The highest BCUT2D eigenvalue weighted by Crippen LogP contribution is 2.37. The first kappa shape index (κ1) is 21.9. The molecule has 0 saturated heterocycles. The van der Waals surface area contributed by atoms with Gasteiger partial charge >= 0.3 is 11.9 Å². The van der Waals surface area contributed by atoms with E-state index in [1.165, 1.54) is 13.2 Å². The van der Waals surface area contributed by atoms with Crippen molar-refractivity contribution in [1.82, 2.24) is 15.0 Å². The minimum Gasteiger partial charge on any atom is -0.465 e. The summed E-state index contributed by atoms with van der Waals surface area (Å²) in [6.45, 7) is 5.35. The largest absolute Gasteiger partial charge is 0.465 e. The topological polar surface area (TPSA) is 123 Å². The maximum atomic E-state index is 12.8. The van der Waals surface area contributed by atoms with Gasteiger partial charge in [0.25, 0.3) is 5.91 Å². The van der Waals surface area contributed by atoms with Gasteiger partial charge in [-0.1, -0.05) is 0 Å². The van der Waals surface area contributed by atoms with Crippen LogP contribution in [0, 0.1) is 13.8 Å². The van der Waals surface area contributed by atoms with Crippen molar-refractivity contribution in [2.24, 2.45) is 0 Å². The third-order valence-corrected chi connectivity index (χ3v) is 5.41. The molecule has 4 heterocycles. The Morgan fingerprint density at radius 1 is 1.12 bits per heavy atom. The van der Waals surface area contributed by atoms with Crippen molar-refractivity contribution in [3.8, 4) is 11.1 Å². The van der Waals surface area contributed by atoms with E-state index < -0.39 is 11.9 Å². The fourth-order valence-electron chi connectivity index (χ4n) is 3.81. The van der Waals surface area contributed by atoms with E-state index in [0.29, 0.717) is 22.5 Å². The van der Waals surface area contributed by atoms with Crippen molar-refractivity contribution in [2.75, 3.05) is 19.0 Å². The van der Waals surface area contributed by atoms with Crippen LogP contribution in [0.5, 0.6) is 0 Å². The molecule has 2 N–H and O–H groups in total. The molecule has 9 nitrogen and oxygen atoms in total. The van der Waals surface area contributed by atoms with Gasteiger partial charge in [-0.2, -0.15) is 0 Å². The third-order valence-electron chi connectivity index (χ3n) is 5.41. The lowest BCUT2D eigenvalue weighted by Gasteiger charge is -2.08. The Morgan fingerprint density at radius 2 is 1.85 bits per heavy atom. The smallest absolute Gasteiger partial charge is 0.355 e. The second kappa shape index (κ2) is 8.70. The van der Waals surface area contributed by atoms with Crippen LogP contribution < -0.4 is 5.32 Å². The number of rotatable bonds is 5. The van der Waals surface area contributed by atoms with Gasteiger partial charge < -0.3 is 19.8 Å². The van der Waals surface area contributed by atoms with Gasteiger partial charge in [-0.05, 0) is 56.2 Å². The molecule has 1 aliphatic heterocycles. The molecule has 3 aromatic rings. The average Bonchev–Trinajstić information content (AvgIpc) is 3.29. The molecule has 0 aromatic carbocycles. The Labute approximate surface area is 189 Å². The number of fused-ring (bicyclic) bond motifs is 1. The molecule has 1 amide bonds. The minimum absolute atomic E-state index is 0.127. The van der Waals surface area contributed by atoms with Crippen molar-refractivity contribution in [2.45, 2.75) is 20.8 Å². The average molecular weight is 446 g/mol. The summed E-state index contributed by atoms with van der Waals surface area (Å²) in [6, 6.07) is 5.59. The van der Waals surface area contributed by atoms with Gasteiger partial charge in [0.15, 0.2) is 0 Å². The number of nitrogens with one attached hydrogen (secondary N) is 2. The molecule has 1 aliphatic rings. The van der Waals surface area contributed by atoms with Gasteiger partial charge in [-0.3, -0.25) is 9.78 Å². The molecule has 33 heavy (non-hydrogen) atoms. The number of nitrogens with zero attached hydrogens (tertiary/aromatic N) is 2.